The lowest BCUT2D eigenvalue weighted by atomic mass is 10.2. The first-order valence-corrected chi connectivity index (χ1v) is 8.26. The highest BCUT2D eigenvalue weighted by Gasteiger charge is 2.16. The fourth-order valence-electron chi connectivity index (χ4n) is 2.59. The summed E-state index contributed by atoms with van der Waals surface area (Å²) in [5, 5.41) is 6.93. The van der Waals surface area contributed by atoms with Crippen molar-refractivity contribution in [3.63, 3.8) is 0 Å². The van der Waals surface area contributed by atoms with Crippen molar-refractivity contribution >= 4 is 5.91 Å². The van der Waals surface area contributed by atoms with Crippen molar-refractivity contribution in [2.75, 3.05) is 19.8 Å². The lowest BCUT2D eigenvalue weighted by molar-refractivity contribution is 0.0679. The van der Waals surface area contributed by atoms with E-state index in [2.05, 4.69) is 15.4 Å². The second kappa shape index (κ2) is 8.44. The number of hydrogen-bond acceptors (Lipinski definition) is 5. The summed E-state index contributed by atoms with van der Waals surface area (Å²) in [6.07, 6.45) is 6.25. The zero-order valence-electron chi connectivity index (χ0n) is 13.6. The van der Waals surface area contributed by atoms with E-state index in [0.717, 1.165) is 32.4 Å². The SMILES string of the molecule is O=C(NCCCn1cncn1)c1cccc(OCC2CCCO2)c1. The van der Waals surface area contributed by atoms with Gasteiger partial charge >= 0.3 is 0 Å². The Balaban J connectivity index is 1.42. The van der Waals surface area contributed by atoms with E-state index in [4.69, 9.17) is 9.47 Å². The van der Waals surface area contributed by atoms with E-state index in [0.29, 0.717) is 24.5 Å². The highest BCUT2D eigenvalue weighted by Crippen LogP contribution is 2.17. The highest BCUT2D eigenvalue weighted by atomic mass is 16.5. The van der Waals surface area contributed by atoms with Gasteiger partial charge in [-0.15, -0.1) is 0 Å². The second-order valence-corrected chi connectivity index (χ2v) is 5.74. The first kappa shape index (κ1) is 16.4. The van der Waals surface area contributed by atoms with E-state index in [-0.39, 0.29) is 12.0 Å². The summed E-state index contributed by atoms with van der Waals surface area (Å²) < 4.78 is 13.0. The van der Waals surface area contributed by atoms with Crippen LogP contribution < -0.4 is 10.1 Å². The van der Waals surface area contributed by atoms with Crippen molar-refractivity contribution < 1.29 is 14.3 Å². The Morgan fingerprint density at radius 1 is 1.46 bits per heavy atom. The van der Waals surface area contributed by atoms with Crippen LogP contribution in [0.2, 0.25) is 0 Å². The number of rotatable bonds is 8. The van der Waals surface area contributed by atoms with Gasteiger partial charge in [0, 0.05) is 25.3 Å². The number of benzene rings is 1. The maximum atomic E-state index is 12.2. The van der Waals surface area contributed by atoms with Crippen LogP contribution in [0, 0.1) is 0 Å². The van der Waals surface area contributed by atoms with Crippen molar-refractivity contribution in [1.29, 1.82) is 0 Å². The minimum absolute atomic E-state index is 0.101. The van der Waals surface area contributed by atoms with Gasteiger partial charge in [-0.05, 0) is 37.5 Å². The third kappa shape index (κ3) is 4.79. The molecule has 2 aromatic rings. The maximum Gasteiger partial charge on any atom is 0.251 e. The van der Waals surface area contributed by atoms with Gasteiger partial charge in [-0.3, -0.25) is 9.48 Å². The largest absolute Gasteiger partial charge is 0.491 e. The molecule has 128 valence electrons. The van der Waals surface area contributed by atoms with Crippen LogP contribution in [0.1, 0.15) is 29.6 Å². The molecule has 1 fully saturated rings. The molecule has 0 aliphatic carbocycles. The van der Waals surface area contributed by atoms with Gasteiger partial charge in [0.25, 0.3) is 5.91 Å². The molecule has 7 heteroatoms. The molecule has 0 spiro atoms. The molecule has 1 N–H and O–H groups in total. The van der Waals surface area contributed by atoms with Crippen LogP contribution in [0.25, 0.3) is 0 Å². The molecule has 1 aromatic heterocycles. The number of aromatic nitrogens is 3. The van der Waals surface area contributed by atoms with Crippen LogP contribution >= 0.6 is 0 Å². The summed E-state index contributed by atoms with van der Waals surface area (Å²) in [6.45, 7) is 2.65. The standard InChI is InChI=1S/C17H22N4O3/c22-17(19-7-3-8-21-13-18-12-20-21)14-4-1-5-15(10-14)24-11-16-6-2-9-23-16/h1,4-5,10,12-13,16H,2-3,6-9,11H2,(H,19,22). The summed E-state index contributed by atoms with van der Waals surface area (Å²) in [5.41, 5.74) is 0.598. The van der Waals surface area contributed by atoms with E-state index in [1.54, 1.807) is 23.1 Å². The van der Waals surface area contributed by atoms with Gasteiger partial charge in [0.1, 0.15) is 25.0 Å². The average molecular weight is 330 g/mol. The summed E-state index contributed by atoms with van der Waals surface area (Å²) in [4.78, 5) is 16.1. The molecular formula is C17H22N4O3. The molecule has 1 aromatic carbocycles. The van der Waals surface area contributed by atoms with Crippen LogP contribution in [0.3, 0.4) is 0 Å². The summed E-state index contributed by atoms with van der Waals surface area (Å²) >= 11 is 0. The van der Waals surface area contributed by atoms with E-state index < -0.39 is 0 Å². The van der Waals surface area contributed by atoms with Crippen molar-refractivity contribution in [2.45, 2.75) is 31.9 Å². The lowest BCUT2D eigenvalue weighted by Gasteiger charge is -2.12. The summed E-state index contributed by atoms with van der Waals surface area (Å²) in [6, 6.07) is 7.24. The van der Waals surface area contributed by atoms with E-state index >= 15 is 0 Å². The van der Waals surface area contributed by atoms with Crippen molar-refractivity contribution in [1.82, 2.24) is 20.1 Å². The Bertz CT molecular complexity index is 639. The zero-order chi connectivity index (χ0) is 16.6. The third-order valence-corrected chi connectivity index (χ3v) is 3.87. The van der Waals surface area contributed by atoms with Gasteiger partial charge in [0.2, 0.25) is 0 Å². The average Bonchev–Trinajstić information content (AvgIpc) is 3.30. The molecule has 1 aliphatic rings. The topological polar surface area (TPSA) is 78.3 Å². The number of amides is 1. The molecule has 1 saturated heterocycles. The fourth-order valence-corrected chi connectivity index (χ4v) is 2.59. The first-order valence-electron chi connectivity index (χ1n) is 8.26. The molecule has 24 heavy (non-hydrogen) atoms. The van der Waals surface area contributed by atoms with Gasteiger partial charge in [0.15, 0.2) is 0 Å². The van der Waals surface area contributed by atoms with E-state index in [1.165, 1.54) is 6.33 Å². The van der Waals surface area contributed by atoms with E-state index in [9.17, 15) is 4.79 Å². The Morgan fingerprint density at radius 3 is 3.21 bits per heavy atom. The van der Waals surface area contributed by atoms with Crippen molar-refractivity contribution in [2.24, 2.45) is 0 Å². The van der Waals surface area contributed by atoms with Crippen LogP contribution in [0.15, 0.2) is 36.9 Å². The van der Waals surface area contributed by atoms with Crippen molar-refractivity contribution in [3.8, 4) is 5.75 Å². The number of carbonyl (C=O) groups is 1. The number of nitrogens with zero attached hydrogens (tertiary/aromatic N) is 3. The number of hydrogen-bond donors (Lipinski definition) is 1. The summed E-state index contributed by atoms with van der Waals surface area (Å²) in [5.74, 6) is 0.594. The Labute approximate surface area is 141 Å². The molecule has 7 nitrogen and oxygen atoms in total. The predicted octanol–water partition coefficient (Wildman–Crippen LogP) is 1.66. The number of nitrogens with one attached hydrogen (secondary N) is 1. The van der Waals surface area contributed by atoms with Crippen molar-refractivity contribution in [3.05, 3.63) is 42.5 Å². The van der Waals surface area contributed by atoms with Gasteiger partial charge in [-0.1, -0.05) is 6.07 Å². The number of ether oxygens (including phenoxy) is 2. The quantitative estimate of drug-likeness (QED) is 0.745. The maximum absolute atomic E-state index is 12.2. The van der Waals surface area contributed by atoms with Gasteiger partial charge in [-0.25, -0.2) is 4.98 Å². The van der Waals surface area contributed by atoms with Gasteiger partial charge in [0.05, 0.1) is 6.10 Å². The zero-order valence-corrected chi connectivity index (χ0v) is 13.6. The number of aryl methyl sites for hydroxylation is 1. The lowest BCUT2D eigenvalue weighted by Crippen LogP contribution is -2.25. The normalized spacial score (nSPS) is 16.9. The third-order valence-electron chi connectivity index (χ3n) is 3.87. The summed E-state index contributed by atoms with van der Waals surface area (Å²) in [7, 11) is 0. The Hall–Kier alpha value is -2.41. The van der Waals surface area contributed by atoms with Gasteiger partial charge < -0.3 is 14.8 Å². The minimum Gasteiger partial charge on any atom is -0.491 e. The van der Waals surface area contributed by atoms with Crippen LogP contribution in [0.4, 0.5) is 0 Å². The molecular weight excluding hydrogens is 308 g/mol. The predicted molar refractivity (Wildman–Crippen MR) is 87.9 cm³/mol. The smallest absolute Gasteiger partial charge is 0.251 e. The second-order valence-electron chi connectivity index (χ2n) is 5.74. The Morgan fingerprint density at radius 2 is 2.42 bits per heavy atom. The van der Waals surface area contributed by atoms with Crippen LogP contribution in [0.5, 0.6) is 5.75 Å². The highest BCUT2D eigenvalue weighted by molar-refractivity contribution is 5.94. The number of carbonyl (C=O) groups excluding carboxylic acids is 1. The monoisotopic (exact) mass is 330 g/mol. The van der Waals surface area contributed by atoms with Crippen LogP contribution in [-0.4, -0.2) is 46.5 Å². The molecule has 1 unspecified atom stereocenters. The molecule has 3 rings (SSSR count). The molecule has 1 aliphatic heterocycles. The van der Waals surface area contributed by atoms with Crippen LogP contribution in [-0.2, 0) is 11.3 Å². The Kier molecular flexibility index (Phi) is 5.79. The fraction of sp³-hybridized carbons (Fsp3) is 0.471. The molecule has 0 bridgehead atoms. The molecule has 2 heterocycles. The van der Waals surface area contributed by atoms with E-state index in [1.807, 2.05) is 12.1 Å². The first-order chi connectivity index (χ1) is 11.8. The van der Waals surface area contributed by atoms with Gasteiger partial charge in [-0.2, -0.15) is 5.10 Å². The minimum atomic E-state index is -0.101. The molecule has 1 amide bonds. The molecule has 0 radical (unpaired) electrons. The molecule has 0 saturated carbocycles. The molecule has 1 atom stereocenters.